The molecule has 0 bridgehead atoms. The minimum Gasteiger partial charge on any atom is -0.480 e. The van der Waals surface area contributed by atoms with Crippen molar-refractivity contribution in [3.05, 3.63) is 41.7 Å². The van der Waals surface area contributed by atoms with E-state index in [-0.39, 0.29) is 19.0 Å². The SMILES string of the molecule is CC(C)(C)OC(=O)NC(Cc1ccccc1)Cc1nnnn1CC(=O)O. The normalized spacial score (nSPS) is 12.4. The number of aromatic nitrogens is 4. The summed E-state index contributed by atoms with van der Waals surface area (Å²) in [4.78, 5) is 23.1. The number of hydrogen-bond donors (Lipinski definition) is 2. The lowest BCUT2D eigenvalue weighted by atomic mass is 10.0. The van der Waals surface area contributed by atoms with Gasteiger partial charge in [0.05, 0.1) is 0 Å². The first-order valence-electron chi connectivity index (χ1n) is 8.23. The average molecular weight is 361 g/mol. The van der Waals surface area contributed by atoms with E-state index >= 15 is 0 Å². The van der Waals surface area contributed by atoms with Gasteiger partial charge >= 0.3 is 12.1 Å². The van der Waals surface area contributed by atoms with Gasteiger partial charge < -0.3 is 15.2 Å². The highest BCUT2D eigenvalue weighted by molar-refractivity contribution is 5.68. The van der Waals surface area contributed by atoms with Crippen molar-refractivity contribution in [3.63, 3.8) is 0 Å². The molecule has 0 saturated carbocycles. The van der Waals surface area contributed by atoms with Gasteiger partial charge in [0, 0.05) is 12.5 Å². The number of alkyl carbamates (subject to hydrolysis) is 1. The number of carbonyl (C=O) groups excluding carboxylic acids is 1. The summed E-state index contributed by atoms with van der Waals surface area (Å²) in [7, 11) is 0. The van der Waals surface area contributed by atoms with Crippen LogP contribution in [0.3, 0.4) is 0 Å². The van der Waals surface area contributed by atoms with Crippen LogP contribution in [0.1, 0.15) is 32.2 Å². The molecule has 0 aliphatic carbocycles. The number of tetrazole rings is 1. The lowest BCUT2D eigenvalue weighted by Crippen LogP contribution is -2.42. The fourth-order valence-corrected chi connectivity index (χ4v) is 2.39. The van der Waals surface area contributed by atoms with Gasteiger partial charge in [0.2, 0.25) is 0 Å². The zero-order valence-corrected chi connectivity index (χ0v) is 15.0. The number of nitrogens with zero attached hydrogens (tertiary/aromatic N) is 4. The molecule has 0 fully saturated rings. The number of amides is 1. The van der Waals surface area contributed by atoms with Gasteiger partial charge in [-0.25, -0.2) is 9.48 Å². The molecule has 2 rings (SSSR count). The Morgan fingerprint density at radius 3 is 2.54 bits per heavy atom. The molecule has 26 heavy (non-hydrogen) atoms. The lowest BCUT2D eigenvalue weighted by molar-refractivity contribution is -0.138. The molecule has 140 valence electrons. The van der Waals surface area contributed by atoms with Crippen LogP contribution in [0.25, 0.3) is 0 Å². The maximum absolute atomic E-state index is 12.2. The van der Waals surface area contributed by atoms with Crippen molar-refractivity contribution in [1.82, 2.24) is 25.5 Å². The number of rotatable bonds is 7. The molecule has 0 saturated heterocycles. The Balaban J connectivity index is 2.13. The molecule has 1 heterocycles. The molecule has 9 heteroatoms. The predicted octanol–water partition coefficient (Wildman–Crippen LogP) is 1.44. The first kappa shape index (κ1) is 19.4. The van der Waals surface area contributed by atoms with Gasteiger partial charge in [-0.3, -0.25) is 4.79 Å². The molecule has 1 unspecified atom stereocenters. The maximum atomic E-state index is 12.2. The second-order valence-corrected chi connectivity index (χ2v) is 6.88. The molecule has 2 N–H and O–H groups in total. The molecule has 0 spiro atoms. The highest BCUT2D eigenvalue weighted by Crippen LogP contribution is 2.11. The Labute approximate surface area is 151 Å². The average Bonchev–Trinajstić information content (AvgIpc) is 2.92. The first-order chi connectivity index (χ1) is 12.2. The van der Waals surface area contributed by atoms with Crippen LogP contribution in [0, 0.1) is 0 Å². The van der Waals surface area contributed by atoms with Gasteiger partial charge in [0.25, 0.3) is 0 Å². The van der Waals surface area contributed by atoms with Crippen LogP contribution < -0.4 is 5.32 Å². The summed E-state index contributed by atoms with van der Waals surface area (Å²) in [6, 6.07) is 9.27. The summed E-state index contributed by atoms with van der Waals surface area (Å²) in [5, 5.41) is 22.9. The molecular weight excluding hydrogens is 338 g/mol. The van der Waals surface area contributed by atoms with E-state index in [0.717, 1.165) is 5.56 Å². The van der Waals surface area contributed by atoms with E-state index < -0.39 is 17.7 Å². The Bertz CT molecular complexity index is 739. The summed E-state index contributed by atoms with van der Waals surface area (Å²) in [6.45, 7) is 5.01. The van der Waals surface area contributed by atoms with Crippen LogP contribution >= 0.6 is 0 Å². The topological polar surface area (TPSA) is 119 Å². The third-order valence-corrected chi connectivity index (χ3v) is 3.37. The Hall–Kier alpha value is -2.97. The minimum atomic E-state index is -1.04. The summed E-state index contributed by atoms with van der Waals surface area (Å²) in [5.74, 6) is -0.664. The number of hydrogen-bond acceptors (Lipinski definition) is 6. The summed E-state index contributed by atoms with van der Waals surface area (Å²) < 4.78 is 6.52. The quantitative estimate of drug-likeness (QED) is 0.765. The van der Waals surface area contributed by atoms with Gasteiger partial charge in [0.15, 0.2) is 5.82 Å². The number of nitrogens with one attached hydrogen (secondary N) is 1. The third-order valence-electron chi connectivity index (χ3n) is 3.37. The number of ether oxygens (including phenoxy) is 1. The number of benzene rings is 1. The molecule has 1 atom stereocenters. The molecule has 1 amide bonds. The van der Waals surface area contributed by atoms with E-state index in [1.165, 1.54) is 4.68 Å². The monoisotopic (exact) mass is 361 g/mol. The maximum Gasteiger partial charge on any atom is 0.407 e. The van der Waals surface area contributed by atoms with Crippen LogP contribution in [0.2, 0.25) is 0 Å². The largest absolute Gasteiger partial charge is 0.480 e. The molecule has 1 aromatic heterocycles. The van der Waals surface area contributed by atoms with Crippen molar-refractivity contribution in [1.29, 1.82) is 0 Å². The van der Waals surface area contributed by atoms with Crippen molar-refractivity contribution in [2.24, 2.45) is 0 Å². The standard InChI is InChI=1S/C17H23N5O4/c1-17(2,3)26-16(25)18-13(9-12-7-5-4-6-8-12)10-14-19-20-21-22(14)11-15(23)24/h4-8,13H,9-11H2,1-3H3,(H,18,25)(H,23,24). The molecule has 0 radical (unpaired) electrons. The van der Waals surface area contributed by atoms with Gasteiger partial charge in [-0.2, -0.15) is 0 Å². The molecule has 0 aliphatic heterocycles. The fourth-order valence-electron chi connectivity index (χ4n) is 2.39. The van der Waals surface area contributed by atoms with Crippen molar-refractivity contribution in [3.8, 4) is 0 Å². The number of carboxylic acid groups (broad SMARTS) is 1. The van der Waals surface area contributed by atoms with Gasteiger partial charge in [-0.05, 0) is 43.2 Å². The van der Waals surface area contributed by atoms with Crippen molar-refractivity contribution >= 4 is 12.1 Å². The lowest BCUT2D eigenvalue weighted by Gasteiger charge is -2.23. The zero-order chi connectivity index (χ0) is 19.2. The van der Waals surface area contributed by atoms with E-state index in [2.05, 4.69) is 20.8 Å². The summed E-state index contributed by atoms with van der Waals surface area (Å²) >= 11 is 0. The number of aliphatic carboxylic acids is 1. The van der Waals surface area contributed by atoms with E-state index in [0.29, 0.717) is 12.2 Å². The Morgan fingerprint density at radius 1 is 1.23 bits per heavy atom. The van der Waals surface area contributed by atoms with Crippen LogP contribution in [-0.2, 0) is 28.9 Å². The Kier molecular flexibility index (Phi) is 6.26. The summed E-state index contributed by atoms with van der Waals surface area (Å²) in [6.07, 6.45) is 0.254. The predicted molar refractivity (Wildman–Crippen MR) is 92.5 cm³/mol. The first-order valence-corrected chi connectivity index (χ1v) is 8.23. The molecule has 1 aromatic carbocycles. The molecule has 9 nitrogen and oxygen atoms in total. The van der Waals surface area contributed by atoms with Crippen molar-refractivity contribution < 1.29 is 19.4 Å². The van der Waals surface area contributed by atoms with Gasteiger partial charge in [-0.15, -0.1) is 5.10 Å². The van der Waals surface area contributed by atoms with E-state index in [9.17, 15) is 9.59 Å². The van der Waals surface area contributed by atoms with E-state index in [1.807, 2.05) is 30.3 Å². The van der Waals surface area contributed by atoms with Gasteiger partial charge in [0.1, 0.15) is 12.1 Å². The van der Waals surface area contributed by atoms with Gasteiger partial charge in [-0.1, -0.05) is 30.3 Å². The van der Waals surface area contributed by atoms with E-state index in [1.54, 1.807) is 20.8 Å². The van der Waals surface area contributed by atoms with Crippen LogP contribution in [0.15, 0.2) is 30.3 Å². The Morgan fingerprint density at radius 2 is 1.92 bits per heavy atom. The third kappa shape index (κ3) is 6.50. The molecule has 0 aliphatic rings. The fraction of sp³-hybridized carbons (Fsp3) is 0.471. The number of carbonyl (C=O) groups is 2. The van der Waals surface area contributed by atoms with E-state index in [4.69, 9.17) is 9.84 Å². The van der Waals surface area contributed by atoms with Crippen LogP contribution in [-0.4, -0.2) is 49.0 Å². The molecule has 2 aromatic rings. The smallest absolute Gasteiger partial charge is 0.407 e. The van der Waals surface area contributed by atoms with Crippen molar-refractivity contribution in [2.45, 2.75) is 51.8 Å². The second-order valence-electron chi connectivity index (χ2n) is 6.88. The van der Waals surface area contributed by atoms with Crippen LogP contribution in [0.5, 0.6) is 0 Å². The van der Waals surface area contributed by atoms with Crippen LogP contribution in [0.4, 0.5) is 4.79 Å². The molecular formula is C17H23N5O4. The zero-order valence-electron chi connectivity index (χ0n) is 15.0. The number of carboxylic acids is 1. The highest BCUT2D eigenvalue weighted by atomic mass is 16.6. The highest BCUT2D eigenvalue weighted by Gasteiger charge is 2.22. The summed E-state index contributed by atoms with van der Waals surface area (Å²) in [5.41, 5.74) is 0.400. The minimum absolute atomic E-state index is 0.272. The van der Waals surface area contributed by atoms with Crippen molar-refractivity contribution in [2.75, 3.05) is 0 Å². The second kappa shape index (κ2) is 8.41.